The number of carbonyl (C=O) groups is 1. The molecule has 0 saturated carbocycles. The Morgan fingerprint density at radius 2 is 1.55 bits per heavy atom. The van der Waals surface area contributed by atoms with Gasteiger partial charge in [-0.15, -0.1) is 0 Å². The van der Waals surface area contributed by atoms with E-state index in [9.17, 15) is 4.79 Å². The lowest BCUT2D eigenvalue weighted by molar-refractivity contribution is -0.124. The summed E-state index contributed by atoms with van der Waals surface area (Å²) >= 11 is 0. The lowest BCUT2D eigenvalue weighted by atomic mass is 10.2. The first kappa shape index (κ1) is 15.6. The van der Waals surface area contributed by atoms with Crippen molar-refractivity contribution in [1.82, 2.24) is 5.48 Å². The maximum atomic E-state index is 10.9. The summed E-state index contributed by atoms with van der Waals surface area (Å²) < 4.78 is 11.1. The second-order valence-corrected chi connectivity index (χ2v) is 4.39. The highest BCUT2D eigenvalue weighted by Gasteiger charge is 1.96. The van der Waals surface area contributed by atoms with E-state index in [0.717, 1.165) is 17.1 Å². The Balaban J connectivity index is 1.74. The van der Waals surface area contributed by atoms with Gasteiger partial charge in [-0.2, -0.15) is 0 Å². The van der Waals surface area contributed by atoms with Crippen molar-refractivity contribution in [2.75, 3.05) is 13.2 Å². The van der Waals surface area contributed by atoms with Crippen LogP contribution >= 0.6 is 0 Å². The second-order valence-electron chi connectivity index (χ2n) is 4.39. The van der Waals surface area contributed by atoms with Gasteiger partial charge in [0.1, 0.15) is 24.7 Å². The van der Waals surface area contributed by atoms with Crippen molar-refractivity contribution in [3.05, 3.63) is 66.2 Å². The monoisotopic (exact) mass is 299 g/mol. The predicted octanol–water partition coefficient (Wildman–Crippen LogP) is 2.66. The first-order valence-corrected chi connectivity index (χ1v) is 6.81. The van der Waals surface area contributed by atoms with Crippen LogP contribution in [0.5, 0.6) is 11.5 Å². The molecule has 0 heterocycles. The fourth-order valence-electron chi connectivity index (χ4n) is 1.72. The van der Waals surface area contributed by atoms with Gasteiger partial charge < -0.3 is 9.47 Å². The Morgan fingerprint density at radius 1 is 0.955 bits per heavy atom. The van der Waals surface area contributed by atoms with Gasteiger partial charge in [0.2, 0.25) is 0 Å². The van der Waals surface area contributed by atoms with Crippen molar-refractivity contribution in [3.63, 3.8) is 0 Å². The highest BCUT2D eigenvalue weighted by molar-refractivity contribution is 5.90. The molecule has 5 nitrogen and oxygen atoms in total. The topological polar surface area (TPSA) is 67.8 Å². The molecule has 0 aliphatic heterocycles. The third-order valence-corrected chi connectivity index (χ3v) is 2.78. The molecule has 114 valence electrons. The molecule has 2 aromatic rings. The van der Waals surface area contributed by atoms with Gasteiger partial charge in [-0.25, -0.2) is 5.48 Å². The Morgan fingerprint density at radius 3 is 2.14 bits per heavy atom. The number of hydrogen-bond acceptors (Lipinski definition) is 4. The van der Waals surface area contributed by atoms with Gasteiger partial charge in [0, 0.05) is 6.08 Å². The number of hydrogen-bond donors (Lipinski definition) is 2. The summed E-state index contributed by atoms with van der Waals surface area (Å²) in [7, 11) is 0. The Labute approximate surface area is 128 Å². The highest BCUT2D eigenvalue weighted by atomic mass is 16.5. The molecule has 0 aliphatic carbocycles. The molecule has 0 aromatic heterocycles. The van der Waals surface area contributed by atoms with Gasteiger partial charge in [-0.1, -0.05) is 30.3 Å². The zero-order valence-corrected chi connectivity index (χ0v) is 11.9. The molecule has 0 atom stereocenters. The van der Waals surface area contributed by atoms with Crippen molar-refractivity contribution >= 4 is 12.0 Å². The van der Waals surface area contributed by atoms with Crippen molar-refractivity contribution in [3.8, 4) is 11.5 Å². The second kappa shape index (κ2) is 8.49. The van der Waals surface area contributed by atoms with Crippen LogP contribution in [0.25, 0.3) is 6.08 Å². The van der Waals surface area contributed by atoms with E-state index in [-0.39, 0.29) is 0 Å². The van der Waals surface area contributed by atoms with Crippen LogP contribution in [-0.4, -0.2) is 24.3 Å². The largest absolute Gasteiger partial charge is 0.490 e. The molecule has 1 amide bonds. The molecular formula is C17H17NO4. The first-order valence-electron chi connectivity index (χ1n) is 6.81. The number of rotatable bonds is 7. The number of amides is 1. The number of para-hydroxylation sites is 1. The van der Waals surface area contributed by atoms with E-state index >= 15 is 0 Å². The molecule has 0 aliphatic rings. The van der Waals surface area contributed by atoms with Crippen LogP contribution < -0.4 is 15.0 Å². The molecule has 0 spiro atoms. The Hall–Kier alpha value is -2.79. The van der Waals surface area contributed by atoms with Crippen molar-refractivity contribution in [2.45, 2.75) is 0 Å². The fourth-order valence-corrected chi connectivity index (χ4v) is 1.72. The molecule has 2 rings (SSSR count). The zero-order valence-electron chi connectivity index (χ0n) is 11.9. The van der Waals surface area contributed by atoms with Crippen molar-refractivity contribution < 1.29 is 19.5 Å². The van der Waals surface area contributed by atoms with Crippen LogP contribution in [0.4, 0.5) is 0 Å². The molecule has 0 unspecified atom stereocenters. The summed E-state index contributed by atoms with van der Waals surface area (Å²) in [5, 5.41) is 8.38. The third kappa shape index (κ3) is 5.30. The van der Waals surface area contributed by atoms with Gasteiger partial charge in [-0.05, 0) is 35.9 Å². The summed E-state index contributed by atoms with van der Waals surface area (Å²) in [6.45, 7) is 0.902. The Kier molecular flexibility index (Phi) is 6.02. The maximum absolute atomic E-state index is 10.9. The molecule has 0 saturated heterocycles. The lowest BCUT2D eigenvalue weighted by Gasteiger charge is -2.08. The number of nitrogens with one attached hydrogen (secondary N) is 1. The average Bonchev–Trinajstić information content (AvgIpc) is 2.58. The molecular weight excluding hydrogens is 282 g/mol. The standard InChI is InChI=1S/C17H17NO4/c19-17(18-20)11-8-14-6-9-16(10-7-14)22-13-12-21-15-4-2-1-3-5-15/h1-11,20H,12-13H2,(H,18,19)/b11-8+. The van der Waals surface area contributed by atoms with Gasteiger partial charge in [0.25, 0.3) is 5.91 Å². The average molecular weight is 299 g/mol. The number of carbonyl (C=O) groups excluding carboxylic acids is 1. The molecule has 0 radical (unpaired) electrons. The fraction of sp³-hybridized carbons (Fsp3) is 0.118. The summed E-state index contributed by atoms with van der Waals surface area (Å²) in [4.78, 5) is 10.9. The number of ether oxygens (including phenoxy) is 2. The molecule has 2 aromatic carbocycles. The van der Waals surface area contributed by atoms with E-state index in [1.54, 1.807) is 18.2 Å². The molecule has 5 heteroatoms. The predicted molar refractivity (Wildman–Crippen MR) is 82.8 cm³/mol. The van der Waals surface area contributed by atoms with Crippen LogP contribution in [0.15, 0.2) is 60.7 Å². The number of hydroxylamine groups is 1. The van der Waals surface area contributed by atoms with Gasteiger partial charge >= 0.3 is 0 Å². The van der Waals surface area contributed by atoms with E-state index in [1.165, 1.54) is 11.6 Å². The summed E-state index contributed by atoms with van der Waals surface area (Å²) in [5.74, 6) is 0.965. The minimum atomic E-state index is -0.571. The van der Waals surface area contributed by atoms with E-state index in [4.69, 9.17) is 14.7 Å². The molecule has 22 heavy (non-hydrogen) atoms. The zero-order chi connectivity index (χ0) is 15.6. The van der Waals surface area contributed by atoms with Crippen molar-refractivity contribution in [2.24, 2.45) is 0 Å². The van der Waals surface area contributed by atoms with E-state index in [2.05, 4.69) is 0 Å². The van der Waals surface area contributed by atoms with Crippen LogP contribution in [0, 0.1) is 0 Å². The quantitative estimate of drug-likeness (QED) is 0.357. The van der Waals surface area contributed by atoms with Crippen LogP contribution in [0.3, 0.4) is 0 Å². The van der Waals surface area contributed by atoms with Crippen LogP contribution in [0.2, 0.25) is 0 Å². The Bertz CT molecular complexity index is 608. The van der Waals surface area contributed by atoms with Gasteiger partial charge in [-0.3, -0.25) is 10.0 Å². The van der Waals surface area contributed by atoms with Crippen LogP contribution in [-0.2, 0) is 4.79 Å². The third-order valence-electron chi connectivity index (χ3n) is 2.78. The number of benzene rings is 2. The van der Waals surface area contributed by atoms with E-state index < -0.39 is 5.91 Å². The lowest BCUT2D eigenvalue weighted by Crippen LogP contribution is -2.14. The van der Waals surface area contributed by atoms with Gasteiger partial charge in [0.15, 0.2) is 0 Å². The van der Waals surface area contributed by atoms with Crippen molar-refractivity contribution in [1.29, 1.82) is 0 Å². The molecule has 0 fully saturated rings. The molecule has 0 bridgehead atoms. The van der Waals surface area contributed by atoms with Gasteiger partial charge in [0.05, 0.1) is 0 Å². The van der Waals surface area contributed by atoms with Crippen LogP contribution in [0.1, 0.15) is 5.56 Å². The van der Waals surface area contributed by atoms with E-state index in [0.29, 0.717) is 13.2 Å². The van der Waals surface area contributed by atoms with E-state index in [1.807, 2.05) is 42.5 Å². The SMILES string of the molecule is O=C(/C=C/c1ccc(OCCOc2ccccc2)cc1)NO. The molecule has 2 N–H and O–H groups in total. The minimum Gasteiger partial charge on any atom is -0.490 e. The first-order chi connectivity index (χ1) is 10.8. The summed E-state index contributed by atoms with van der Waals surface area (Å²) in [5.41, 5.74) is 2.36. The minimum absolute atomic E-state index is 0.441. The highest BCUT2D eigenvalue weighted by Crippen LogP contribution is 2.13. The maximum Gasteiger partial charge on any atom is 0.267 e. The normalized spacial score (nSPS) is 10.4. The smallest absolute Gasteiger partial charge is 0.267 e. The summed E-state index contributed by atoms with van der Waals surface area (Å²) in [6, 6.07) is 16.8. The summed E-state index contributed by atoms with van der Waals surface area (Å²) in [6.07, 6.45) is 2.83.